The highest BCUT2D eigenvalue weighted by molar-refractivity contribution is 6.14. The van der Waals surface area contributed by atoms with Crippen LogP contribution in [-0.2, 0) is 0 Å². The first-order valence-corrected chi connectivity index (χ1v) is 10.3. The van der Waals surface area contributed by atoms with Crippen LogP contribution in [-0.4, -0.2) is 0 Å². The van der Waals surface area contributed by atoms with Gasteiger partial charge in [-0.15, -0.1) is 0 Å². The van der Waals surface area contributed by atoms with Crippen LogP contribution in [0.5, 0.6) is 0 Å². The van der Waals surface area contributed by atoms with Gasteiger partial charge in [0, 0.05) is 0 Å². The molecule has 0 spiro atoms. The van der Waals surface area contributed by atoms with E-state index >= 15 is 0 Å². The minimum atomic E-state index is 1.21. The lowest BCUT2D eigenvalue weighted by Crippen LogP contribution is -1.88. The fourth-order valence-corrected chi connectivity index (χ4v) is 4.04. The van der Waals surface area contributed by atoms with E-state index in [1.165, 1.54) is 43.8 Å². The minimum absolute atomic E-state index is 1.21. The van der Waals surface area contributed by atoms with Crippen LogP contribution in [0.3, 0.4) is 0 Å². The molecule has 0 fully saturated rings. The van der Waals surface area contributed by atoms with Crippen LogP contribution in [0.2, 0.25) is 0 Å². The zero-order chi connectivity index (χ0) is 20.2. The van der Waals surface area contributed by atoms with Gasteiger partial charge in [0.2, 0.25) is 0 Å². The molecular formula is C30H22. The first-order chi connectivity index (χ1) is 14.9. The average molecular weight is 383 g/mol. The van der Waals surface area contributed by atoms with Crippen molar-refractivity contribution < 1.29 is 0 Å². The molecule has 5 aromatic carbocycles. The Morgan fingerprint density at radius 1 is 0.300 bits per heavy atom. The maximum Gasteiger partial charge on any atom is -0.00987 e. The molecule has 0 aliphatic rings. The largest absolute Gasteiger partial charge is 0.0622 e. The molecule has 0 heterocycles. The summed E-state index contributed by atoms with van der Waals surface area (Å²) in [5, 5.41) is 5.10. The zero-order valence-electron chi connectivity index (χ0n) is 16.7. The van der Waals surface area contributed by atoms with Gasteiger partial charge < -0.3 is 0 Å². The monoisotopic (exact) mass is 382 g/mol. The van der Waals surface area contributed by atoms with E-state index in [0.29, 0.717) is 0 Å². The topological polar surface area (TPSA) is 0 Å². The Labute approximate surface area is 177 Å². The third-order valence-electron chi connectivity index (χ3n) is 5.50. The van der Waals surface area contributed by atoms with Crippen LogP contribution in [0, 0.1) is 0 Å². The van der Waals surface area contributed by atoms with Gasteiger partial charge in [-0.1, -0.05) is 133 Å². The molecule has 0 bridgehead atoms. The second kappa shape index (κ2) is 8.23. The van der Waals surface area contributed by atoms with Crippen molar-refractivity contribution in [1.82, 2.24) is 0 Å². The van der Waals surface area contributed by atoms with E-state index < -0.39 is 0 Å². The van der Waals surface area contributed by atoms with Gasteiger partial charge >= 0.3 is 0 Å². The standard InChI is InChI=1S/C30H22/c1-3-11-23(12-4-1)19-21-29-25-15-7-9-17-27(25)30(28-18-10-8-16-26(28)29)22-20-24-13-5-2-6-14-24/h1-22H/b21-19+,22-20+. The Bertz CT molecular complexity index is 1190. The van der Waals surface area contributed by atoms with Gasteiger partial charge in [-0.25, -0.2) is 0 Å². The smallest absolute Gasteiger partial charge is 0.00987 e. The second-order valence-corrected chi connectivity index (χ2v) is 7.41. The minimum Gasteiger partial charge on any atom is -0.0622 e. The summed E-state index contributed by atoms with van der Waals surface area (Å²) in [5.74, 6) is 0. The predicted molar refractivity (Wildman–Crippen MR) is 132 cm³/mol. The molecule has 0 unspecified atom stereocenters. The number of rotatable bonds is 4. The van der Waals surface area contributed by atoms with E-state index in [0.717, 1.165) is 0 Å². The van der Waals surface area contributed by atoms with E-state index in [2.05, 4.69) is 133 Å². The van der Waals surface area contributed by atoms with Crippen LogP contribution in [0.4, 0.5) is 0 Å². The Balaban J connectivity index is 1.74. The summed E-state index contributed by atoms with van der Waals surface area (Å²) in [6.07, 6.45) is 8.91. The molecule has 0 N–H and O–H groups in total. The molecule has 0 radical (unpaired) electrons. The summed E-state index contributed by atoms with van der Waals surface area (Å²) in [6, 6.07) is 38.4. The first kappa shape index (κ1) is 18.1. The highest BCUT2D eigenvalue weighted by atomic mass is 14.1. The maximum absolute atomic E-state index is 2.25. The lowest BCUT2D eigenvalue weighted by atomic mass is 9.91. The molecule has 5 rings (SSSR count). The van der Waals surface area contributed by atoms with Crippen LogP contribution in [0.1, 0.15) is 22.3 Å². The molecule has 0 nitrogen and oxygen atoms in total. The highest BCUT2D eigenvalue weighted by Crippen LogP contribution is 2.35. The van der Waals surface area contributed by atoms with Crippen molar-refractivity contribution >= 4 is 45.8 Å². The number of hydrogen-bond acceptors (Lipinski definition) is 0. The Morgan fingerprint density at radius 3 is 0.933 bits per heavy atom. The molecule has 0 aromatic heterocycles. The molecule has 0 saturated heterocycles. The molecule has 0 atom stereocenters. The number of benzene rings is 5. The van der Waals surface area contributed by atoms with Gasteiger partial charge in [0.25, 0.3) is 0 Å². The van der Waals surface area contributed by atoms with Crippen molar-refractivity contribution in [2.75, 3.05) is 0 Å². The number of hydrogen-bond donors (Lipinski definition) is 0. The van der Waals surface area contributed by atoms with Gasteiger partial charge in [-0.05, 0) is 43.8 Å². The summed E-state index contributed by atoms with van der Waals surface area (Å²) in [4.78, 5) is 0. The van der Waals surface area contributed by atoms with E-state index in [1.54, 1.807) is 0 Å². The second-order valence-electron chi connectivity index (χ2n) is 7.41. The predicted octanol–water partition coefficient (Wildman–Crippen LogP) is 8.33. The van der Waals surface area contributed by atoms with Crippen molar-refractivity contribution in [3.05, 3.63) is 131 Å². The third kappa shape index (κ3) is 3.56. The fourth-order valence-electron chi connectivity index (χ4n) is 4.04. The van der Waals surface area contributed by atoms with E-state index in [9.17, 15) is 0 Å². The molecule has 142 valence electrons. The molecule has 0 aliphatic heterocycles. The molecule has 0 amide bonds. The maximum atomic E-state index is 2.25. The van der Waals surface area contributed by atoms with Crippen molar-refractivity contribution in [2.45, 2.75) is 0 Å². The molecule has 0 saturated carbocycles. The summed E-state index contributed by atoms with van der Waals surface area (Å²) in [5.41, 5.74) is 4.95. The zero-order valence-corrected chi connectivity index (χ0v) is 16.7. The summed E-state index contributed by atoms with van der Waals surface area (Å²) < 4.78 is 0. The van der Waals surface area contributed by atoms with Crippen LogP contribution in [0.15, 0.2) is 109 Å². The lowest BCUT2D eigenvalue weighted by molar-refractivity contribution is 1.66. The van der Waals surface area contributed by atoms with Crippen LogP contribution in [0.25, 0.3) is 45.8 Å². The summed E-state index contributed by atoms with van der Waals surface area (Å²) >= 11 is 0. The Morgan fingerprint density at radius 2 is 0.600 bits per heavy atom. The van der Waals surface area contributed by atoms with Gasteiger partial charge in [0.05, 0.1) is 0 Å². The Hall–Kier alpha value is -3.90. The summed E-state index contributed by atoms with van der Waals surface area (Å²) in [6.45, 7) is 0. The molecule has 5 aromatic rings. The Kier molecular flexibility index (Phi) is 4.98. The van der Waals surface area contributed by atoms with E-state index in [-0.39, 0.29) is 0 Å². The quantitative estimate of drug-likeness (QED) is 0.216. The molecule has 0 heteroatoms. The van der Waals surface area contributed by atoms with Crippen LogP contribution < -0.4 is 0 Å². The third-order valence-corrected chi connectivity index (χ3v) is 5.50. The fraction of sp³-hybridized carbons (Fsp3) is 0. The molecule has 0 aliphatic carbocycles. The highest BCUT2D eigenvalue weighted by Gasteiger charge is 2.10. The van der Waals surface area contributed by atoms with Gasteiger partial charge in [0.1, 0.15) is 0 Å². The molecule has 30 heavy (non-hydrogen) atoms. The van der Waals surface area contributed by atoms with Crippen molar-refractivity contribution in [2.24, 2.45) is 0 Å². The van der Waals surface area contributed by atoms with E-state index in [4.69, 9.17) is 0 Å². The van der Waals surface area contributed by atoms with Crippen LogP contribution >= 0.6 is 0 Å². The average Bonchev–Trinajstić information content (AvgIpc) is 2.82. The molecular weight excluding hydrogens is 360 g/mol. The first-order valence-electron chi connectivity index (χ1n) is 10.3. The normalized spacial score (nSPS) is 11.7. The van der Waals surface area contributed by atoms with Gasteiger partial charge in [-0.3, -0.25) is 0 Å². The van der Waals surface area contributed by atoms with Crippen molar-refractivity contribution in [3.8, 4) is 0 Å². The van der Waals surface area contributed by atoms with Crippen molar-refractivity contribution in [1.29, 1.82) is 0 Å². The van der Waals surface area contributed by atoms with Gasteiger partial charge in [0.15, 0.2) is 0 Å². The number of fused-ring (bicyclic) bond motifs is 2. The van der Waals surface area contributed by atoms with Gasteiger partial charge in [-0.2, -0.15) is 0 Å². The summed E-state index contributed by atoms with van der Waals surface area (Å²) in [7, 11) is 0. The SMILES string of the molecule is C(=C\c1c2ccccc2c(/C=C/c2ccccc2)c2ccccc12)/c1ccccc1. The van der Waals surface area contributed by atoms with E-state index in [1.807, 2.05) is 0 Å². The van der Waals surface area contributed by atoms with Crippen molar-refractivity contribution in [3.63, 3.8) is 0 Å². The lowest BCUT2D eigenvalue weighted by Gasteiger charge is -2.13.